The van der Waals surface area contributed by atoms with E-state index in [4.69, 9.17) is 4.42 Å². The molecule has 0 saturated heterocycles. The Morgan fingerprint density at radius 2 is 2.06 bits per heavy atom. The van der Waals surface area contributed by atoms with Crippen LogP contribution >= 0.6 is 0 Å². The molecule has 0 saturated carbocycles. The molecule has 90 valence electrons. The van der Waals surface area contributed by atoms with Crippen LogP contribution in [0, 0.1) is 13.8 Å². The van der Waals surface area contributed by atoms with Gasteiger partial charge in [0.2, 0.25) is 0 Å². The second-order valence-electron chi connectivity index (χ2n) is 4.31. The van der Waals surface area contributed by atoms with Gasteiger partial charge in [-0.25, -0.2) is 4.98 Å². The predicted octanol–water partition coefficient (Wildman–Crippen LogP) is 3.12. The molecule has 0 aliphatic rings. The molecule has 3 heteroatoms. The minimum absolute atomic E-state index is 0.584. The smallest absolute Gasteiger partial charge is 0.294 e. The molecule has 1 N–H and O–H groups in total. The van der Waals surface area contributed by atoms with E-state index in [1.54, 1.807) is 13.2 Å². The average Bonchev–Trinajstić information content (AvgIpc) is 2.78. The second kappa shape index (κ2) is 5.04. The number of hydrogen-bond acceptors (Lipinski definition) is 3. The third-order valence-corrected chi connectivity index (χ3v) is 2.91. The minimum atomic E-state index is 0.584. The highest BCUT2D eigenvalue weighted by molar-refractivity contribution is 5.31. The van der Waals surface area contributed by atoms with E-state index in [1.807, 2.05) is 0 Å². The van der Waals surface area contributed by atoms with Crippen LogP contribution in [0.25, 0.3) is 0 Å². The molecule has 0 aliphatic carbocycles. The summed E-state index contributed by atoms with van der Waals surface area (Å²) in [6, 6.07) is 7.14. The molecular weight excluding hydrogens is 212 g/mol. The summed E-state index contributed by atoms with van der Waals surface area (Å²) in [6.07, 6.45) is 3.67. The molecule has 3 nitrogen and oxygen atoms in total. The summed E-state index contributed by atoms with van der Waals surface area (Å²) in [7, 11) is 1.81. The monoisotopic (exact) mass is 230 g/mol. The predicted molar refractivity (Wildman–Crippen MR) is 69.4 cm³/mol. The van der Waals surface area contributed by atoms with E-state index >= 15 is 0 Å². The summed E-state index contributed by atoms with van der Waals surface area (Å²) in [5.41, 5.74) is 4.02. The highest BCUT2D eigenvalue weighted by atomic mass is 16.4. The number of benzene rings is 1. The second-order valence-corrected chi connectivity index (χ2v) is 4.31. The van der Waals surface area contributed by atoms with Gasteiger partial charge in [-0.15, -0.1) is 0 Å². The summed E-state index contributed by atoms with van der Waals surface area (Å²) >= 11 is 0. The maximum atomic E-state index is 5.50. The lowest BCUT2D eigenvalue weighted by molar-refractivity contribution is 0.518. The van der Waals surface area contributed by atoms with E-state index in [0.29, 0.717) is 6.01 Å². The van der Waals surface area contributed by atoms with Crippen molar-refractivity contribution in [3.8, 4) is 0 Å². The topological polar surface area (TPSA) is 38.1 Å². The normalized spacial score (nSPS) is 10.5. The Morgan fingerprint density at radius 1 is 1.24 bits per heavy atom. The van der Waals surface area contributed by atoms with Crippen LogP contribution in [-0.4, -0.2) is 12.0 Å². The lowest BCUT2D eigenvalue weighted by atomic mass is 10.0. The van der Waals surface area contributed by atoms with Crippen molar-refractivity contribution in [2.45, 2.75) is 26.7 Å². The van der Waals surface area contributed by atoms with Gasteiger partial charge in [0.25, 0.3) is 6.01 Å². The molecule has 0 radical (unpaired) electrons. The van der Waals surface area contributed by atoms with E-state index in [0.717, 1.165) is 18.6 Å². The molecule has 1 aromatic heterocycles. The third-order valence-electron chi connectivity index (χ3n) is 2.91. The minimum Gasteiger partial charge on any atom is -0.429 e. The fraction of sp³-hybridized carbons (Fsp3) is 0.357. The molecule has 1 heterocycles. The largest absolute Gasteiger partial charge is 0.429 e. The fourth-order valence-corrected chi connectivity index (χ4v) is 1.87. The van der Waals surface area contributed by atoms with Crippen molar-refractivity contribution in [2.75, 3.05) is 12.4 Å². The number of aryl methyl sites for hydroxylation is 4. The molecule has 0 bridgehead atoms. The zero-order valence-electron chi connectivity index (χ0n) is 10.6. The first kappa shape index (κ1) is 11.7. The summed E-state index contributed by atoms with van der Waals surface area (Å²) < 4.78 is 5.50. The zero-order valence-corrected chi connectivity index (χ0v) is 10.6. The summed E-state index contributed by atoms with van der Waals surface area (Å²) in [6.45, 7) is 4.27. The lowest BCUT2D eigenvalue weighted by Crippen LogP contribution is -1.94. The van der Waals surface area contributed by atoms with Crippen molar-refractivity contribution in [1.29, 1.82) is 0 Å². The Labute approximate surface area is 102 Å². The van der Waals surface area contributed by atoms with E-state index in [9.17, 15) is 0 Å². The van der Waals surface area contributed by atoms with Crippen LogP contribution in [0.4, 0.5) is 6.01 Å². The molecule has 0 spiro atoms. The Balaban J connectivity index is 2.04. The highest BCUT2D eigenvalue weighted by Crippen LogP contribution is 2.15. The van der Waals surface area contributed by atoms with E-state index in [2.05, 4.69) is 42.3 Å². The van der Waals surface area contributed by atoms with Crippen molar-refractivity contribution in [3.05, 3.63) is 46.8 Å². The number of nitrogens with zero attached hydrogens (tertiary/aromatic N) is 1. The molecular formula is C14H18N2O. The van der Waals surface area contributed by atoms with Crippen LogP contribution in [0.3, 0.4) is 0 Å². The van der Waals surface area contributed by atoms with Crippen LogP contribution in [0.2, 0.25) is 0 Å². The van der Waals surface area contributed by atoms with Crippen molar-refractivity contribution in [2.24, 2.45) is 0 Å². The average molecular weight is 230 g/mol. The van der Waals surface area contributed by atoms with Gasteiger partial charge < -0.3 is 9.73 Å². The van der Waals surface area contributed by atoms with Gasteiger partial charge in [0, 0.05) is 13.5 Å². The number of nitrogens with one attached hydrogen (secondary N) is 1. The standard InChI is InChI=1S/C14H18N2O/c1-10-4-5-11(2)12(8-10)6-7-13-9-16-14(15-3)17-13/h4-5,8-9H,6-7H2,1-3H3,(H,15,16). The number of rotatable bonds is 4. The molecule has 17 heavy (non-hydrogen) atoms. The van der Waals surface area contributed by atoms with Gasteiger partial charge in [0.1, 0.15) is 5.76 Å². The maximum Gasteiger partial charge on any atom is 0.294 e. The number of aromatic nitrogens is 1. The Bertz CT molecular complexity index is 503. The van der Waals surface area contributed by atoms with Crippen molar-refractivity contribution in [3.63, 3.8) is 0 Å². The third kappa shape index (κ3) is 2.87. The van der Waals surface area contributed by atoms with E-state index < -0.39 is 0 Å². The van der Waals surface area contributed by atoms with Gasteiger partial charge in [-0.2, -0.15) is 0 Å². The van der Waals surface area contributed by atoms with Crippen molar-refractivity contribution < 1.29 is 4.42 Å². The number of anilines is 1. The Hall–Kier alpha value is -1.77. The number of hydrogen-bond donors (Lipinski definition) is 1. The van der Waals surface area contributed by atoms with Gasteiger partial charge in [-0.3, -0.25) is 0 Å². The van der Waals surface area contributed by atoms with Crippen LogP contribution in [0.15, 0.2) is 28.8 Å². The fourth-order valence-electron chi connectivity index (χ4n) is 1.87. The van der Waals surface area contributed by atoms with Crippen LogP contribution in [0.5, 0.6) is 0 Å². The first-order chi connectivity index (χ1) is 8.19. The molecule has 0 amide bonds. The molecule has 0 unspecified atom stereocenters. The molecule has 0 fully saturated rings. The Kier molecular flexibility index (Phi) is 3.47. The SMILES string of the molecule is CNc1ncc(CCc2cc(C)ccc2C)o1. The first-order valence-electron chi connectivity index (χ1n) is 5.87. The van der Waals surface area contributed by atoms with Gasteiger partial charge in [-0.1, -0.05) is 23.8 Å². The molecule has 0 atom stereocenters. The van der Waals surface area contributed by atoms with Gasteiger partial charge in [0.05, 0.1) is 6.20 Å². The highest BCUT2D eigenvalue weighted by Gasteiger charge is 2.04. The number of oxazole rings is 1. The van der Waals surface area contributed by atoms with E-state index in [-0.39, 0.29) is 0 Å². The van der Waals surface area contributed by atoms with Crippen molar-refractivity contribution >= 4 is 6.01 Å². The molecule has 0 aliphatic heterocycles. The van der Waals surface area contributed by atoms with Crippen molar-refractivity contribution in [1.82, 2.24) is 4.98 Å². The summed E-state index contributed by atoms with van der Waals surface area (Å²) in [4.78, 5) is 4.11. The van der Waals surface area contributed by atoms with Gasteiger partial charge in [0.15, 0.2) is 0 Å². The zero-order chi connectivity index (χ0) is 12.3. The summed E-state index contributed by atoms with van der Waals surface area (Å²) in [5, 5.41) is 2.89. The molecule has 1 aromatic carbocycles. The van der Waals surface area contributed by atoms with E-state index in [1.165, 1.54) is 16.7 Å². The maximum absolute atomic E-state index is 5.50. The van der Waals surface area contributed by atoms with Crippen LogP contribution < -0.4 is 5.32 Å². The Morgan fingerprint density at radius 3 is 2.76 bits per heavy atom. The molecule has 2 rings (SSSR count). The van der Waals surface area contributed by atoms with Crippen LogP contribution in [0.1, 0.15) is 22.5 Å². The first-order valence-corrected chi connectivity index (χ1v) is 5.87. The lowest BCUT2D eigenvalue weighted by Gasteiger charge is -2.05. The summed E-state index contributed by atoms with van der Waals surface area (Å²) in [5.74, 6) is 0.926. The van der Waals surface area contributed by atoms with Crippen LogP contribution in [-0.2, 0) is 12.8 Å². The van der Waals surface area contributed by atoms with Gasteiger partial charge >= 0.3 is 0 Å². The molecule has 2 aromatic rings. The van der Waals surface area contributed by atoms with Gasteiger partial charge in [-0.05, 0) is 31.4 Å². The quantitative estimate of drug-likeness (QED) is 0.877.